The van der Waals surface area contributed by atoms with Gasteiger partial charge in [-0.05, 0) is 16.7 Å². The largest absolute Gasteiger partial charge is 0.367 e. The van der Waals surface area contributed by atoms with Crippen molar-refractivity contribution in [3.63, 3.8) is 0 Å². The Morgan fingerprint density at radius 3 is 1.42 bits per heavy atom. The first-order valence-corrected chi connectivity index (χ1v) is 7.85. The van der Waals surface area contributed by atoms with Crippen LogP contribution < -0.4 is 5.73 Å². The zero-order valence-electron chi connectivity index (χ0n) is 13.2. The number of ether oxygens (including phenoxy) is 1. The topological polar surface area (TPSA) is 52.3 Å². The lowest BCUT2D eigenvalue weighted by molar-refractivity contribution is -0.132. The van der Waals surface area contributed by atoms with E-state index in [-0.39, 0.29) is 6.10 Å². The van der Waals surface area contributed by atoms with Crippen LogP contribution in [0.2, 0.25) is 0 Å². The van der Waals surface area contributed by atoms with Crippen molar-refractivity contribution in [2.75, 3.05) is 0 Å². The van der Waals surface area contributed by atoms with Gasteiger partial charge in [-0.25, -0.2) is 0 Å². The summed E-state index contributed by atoms with van der Waals surface area (Å²) >= 11 is 0. The lowest BCUT2D eigenvalue weighted by Crippen LogP contribution is -2.25. The zero-order valence-corrected chi connectivity index (χ0v) is 13.2. The van der Waals surface area contributed by atoms with Gasteiger partial charge in [-0.15, -0.1) is 0 Å². The van der Waals surface area contributed by atoms with Gasteiger partial charge in [0.05, 0.1) is 0 Å². The molecule has 1 atom stereocenters. The number of amides is 1. The molecule has 0 aliphatic carbocycles. The molecule has 3 nitrogen and oxygen atoms in total. The van der Waals surface area contributed by atoms with Crippen LogP contribution in [-0.2, 0) is 9.53 Å². The molecular formula is C21H19NO2. The van der Waals surface area contributed by atoms with Crippen LogP contribution in [-0.4, -0.2) is 5.91 Å². The molecule has 3 aromatic carbocycles. The number of hydrogen-bond acceptors (Lipinski definition) is 2. The van der Waals surface area contributed by atoms with Gasteiger partial charge in [0.1, 0.15) is 6.10 Å². The van der Waals surface area contributed by atoms with Gasteiger partial charge in [-0.3, -0.25) is 4.79 Å². The third-order valence-electron chi connectivity index (χ3n) is 3.84. The molecule has 24 heavy (non-hydrogen) atoms. The second-order valence-corrected chi connectivity index (χ2v) is 5.53. The number of rotatable bonds is 6. The van der Waals surface area contributed by atoms with Crippen LogP contribution in [0.25, 0.3) is 0 Å². The molecule has 2 N–H and O–H groups in total. The predicted molar refractivity (Wildman–Crippen MR) is 94.2 cm³/mol. The number of carbonyl (C=O) groups is 1. The highest BCUT2D eigenvalue weighted by Crippen LogP contribution is 2.32. The fourth-order valence-corrected chi connectivity index (χ4v) is 2.68. The smallest absolute Gasteiger partial charge is 0.251 e. The van der Waals surface area contributed by atoms with Crippen LogP contribution in [0.15, 0.2) is 91.0 Å². The van der Waals surface area contributed by atoms with Gasteiger partial charge < -0.3 is 10.5 Å². The van der Waals surface area contributed by atoms with Crippen molar-refractivity contribution in [1.82, 2.24) is 0 Å². The van der Waals surface area contributed by atoms with Crippen LogP contribution in [0.1, 0.15) is 28.9 Å². The molecule has 120 valence electrons. The Balaban J connectivity index is 1.98. The van der Waals surface area contributed by atoms with Crippen LogP contribution in [0.5, 0.6) is 0 Å². The van der Waals surface area contributed by atoms with Crippen LogP contribution >= 0.6 is 0 Å². The average Bonchev–Trinajstić information content (AvgIpc) is 2.64. The molecular weight excluding hydrogens is 298 g/mol. The van der Waals surface area contributed by atoms with Crippen LogP contribution in [0, 0.1) is 0 Å². The van der Waals surface area contributed by atoms with E-state index in [1.807, 2.05) is 91.0 Å². The number of primary amides is 1. The molecule has 3 heteroatoms. The van der Waals surface area contributed by atoms with Crippen molar-refractivity contribution < 1.29 is 9.53 Å². The van der Waals surface area contributed by atoms with Gasteiger partial charge in [0.2, 0.25) is 0 Å². The van der Waals surface area contributed by atoms with E-state index in [1.165, 1.54) is 0 Å². The van der Waals surface area contributed by atoms with Crippen molar-refractivity contribution in [2.24, 2.45) is 5.73 Å². The summed E-state index contributed by atoms with van der Waals surface area (Å²) in [7, 11) is 0. The highest BCUT2D eigenvalue weighted by molar-refractivity contribution is 5.80. The molecule has 0 heterocycles. The lowest BCUT2D eigenvalue weighted by atomic mass is 10.0. The first-order valence-electron chi connectivity index (χ1n) is 7.85. The molecule has 0 aliphatic heterocycles. The minimum atomic E-state index is -0.809. The first kappa shape index (κ1) is 16.0. The second kappa shape index (κ2) is 7.57. The molecule has 0 saturated heterocycles. The van der Waals surface area contributed by atoms with Crippen molar-refractivity contribution in [3.05, 3.63) is 108 Å². The van der Waals surface area contributed by atoms with Crippen molar-refractivity contribution in [2.45, 2.75) is 12.2 Å². The maximum Gasteiger partial charge on any atom is 0.251 e. The maximum atomic E-state index is 12.0. The van der Waals surface area contributed by atoms with E-state index in [9.17, 15) is 4.79 Å². The number of benzene rings is 3. The summed E-state index contributed by atoms with van der Waals surface area (Å²) in [6.45, 7) is 0. The van der Waals surface area contributed by atoms with Gasteiger partial charge in [0.15, 0.2) is 6.10 Å². The number of carbonyl (C=O) groups excluding carboxylic acids is 1. The molecule has 3 rings (SSSR count). The highest BCUT2D eigenvalue weighted by atomic mass is 16.5. The van der Waals surface area contributed by atoms with Gasteiger partial charge in [-0.1, -0.05) is 91.0 Å². The van der Waals surface area contributed by atoms with E-state index in [1.54, 1.807) is 0 Å². The first-order chi connectivity index (χ1) is 11.8. The standard InChI is InChI=1S/C21H19NO2/c22-21(23)20(18-14-8-3-9-15-18)24-19(16-10-4-1-5-11-16)17-12-6-2-7-13-17/h1-15,19-20H,(H2,22,23). The van der Waals surface area contributed by atoms with Crippen LogP contribution in [0.3, 0.4) is 0 Å². The molecule has 0 fully saturated rings. The minimum absolute atomic E-state index is 0.370. The molecule has 0 aromatic heterocycles. The average molecular weight is 317 g/mol. The highest BCUT2D eigenvalue weighted by Gasteiger charge is 2.25. The molecule has 0 spiro atoms. The van der Waals surface area contributed by atoms with E-state index in [4.69, 9.17) is 10.5 Å². The molecule has 1 unspecified atom stereocenters. The summed E-state index contributed by atoms with van der Waals surface area (Å²) in [5.74, 6) is -0.502. The van der Waals surface area contributed by atoms with Crippen molar-refractivity contribution in [3.8, 4) is 0 Å². The van der Waals surface area contributed by atoms with Gasteiger partial charge >= 0.3 is 0 Å². The van der Waals surface area contributed by atoms with E-state index in [0.717, 1.165) is 16.7 Å². The summed E-state index contributed by atoms with van der Waals surface area (Å²) < 4.78 is 6.20. The Morgan fingerprint density at radius 1 is 0.667 bits per heavy atom. The normalized spacial score (nSPS) is 12.0. The van der Waals surface area contributed by atoms with Gasteiger partial charge in [-0.2, -0.15) is 0 Å². The maximum absolute atomic E-state index is 12.0. The SMILES string of the molecule is NC(=O)C(OC(c1ccccc1)c1ccccc1)c1ccccc1. The van der Waals surface area contributed by atoms with E-state index in [2.05, 4.69) is 0 Å². The second-order valence-electron chi connectivity index (χ2n) is 5.53. The molecule has 3 aromatic rings. The quantitative estimate of drug-likeness (QED) is 0.746. The van der Waals surface area contributed by atoms with Gasteiger partial charge in [0, 0.05) is 0 Å². The van der Waals surface area contributed by atoms with E-state index in [0.29, 0.717) is 0 Å². The van der Waals surface area contributed by atoms with Gasteiger partial charge in [0.25, 0.3) is 5.91 Å². The summed E-state index contributed by atoms with van der Waals surface area (Å²) in [6.07, 6.45) is -1.18. The Morgan fingerprint density at radius 2 is 1.04 bits per heavy atom. The number of nitrogens with two attached hydrogens (primary N) is 1. The fraction of sp³-hybridized carbons (Fsp3) is 0.0952. The number of hydrogen-bond donors (Lipinski definition) is 1. The Hall–Kier alpha value is -2.91. The molecule has 0 radical (unpaired) electrons. The van der Waals surface area contributed by atoms with E-state index < -0.39 is 12.0 Å². The summed E-state index contributed by atoms with van der Waals surface area (Å²) in [5, 5.41) is 0. The summed E-state index contributed by atoms with van der Waals surface area (Å²) in [6, 6.07) is 29.0. The minimum Gasteiger partial charge on any atom is -0.367 e. The lowest BCUT2D eigenvalue weighted by Gasteiger charge is -2.24. The molecule has 0 bridgehead atoms. The monoisotopic (exact) mass is 317 g/mol. The van der Waals surface area contributed by atoms with Crippen LogP contribution in [0.4, 0.5) is 0 Å². The van der Waals surface area contributed by atoms with Crippen molar-refractivity contribution >= 4 is 5.91 Å². The van der Waals surface area contributed by atoms with Crippen molar-refractivity contribution in [1.29, 1.82) is 0 Å². The Labute approximate surface area is 141 Å². The Kier molecular flexibility index (Phi) is 5.04. The Bertz CT molecular complexity index is 733. The molecule has 0 aliphatic rings. The summed E-state index contributed by atoms with van der Waals surface area (Å²) in [4.78, 5) is 12.0. The zero-order chi connectivity index (χ0) is 16.8. The summed E-state index contributed by atoms with van der Waals surface area (Å²) in [5.41, 5.74) is 8.32. The third kappa shape index (κ3) is 3.70. The fourth-order valence-electron chi connectivity index (χ4n) is 2.68. The predicted octanol–water partition coefficient (Wildman–Crippen LogP) is 4.02. The molecule has 0 saturated carbocycles. The van der Waals surface area contributed by atoms with E-state index >= 15 is 0 Å². The third-order valence-corrected chi connectivity index (χ3v) is 3.84. The molecule has 1 amide bonds.